The van der Waals surface area contributed by atoms with Crippen molar-refractivity contribution in [3.63, 3.8) is 0 Å². The third-order valence-corrected chi connectivity index (χ3v) is 5.38. The van der Waals surface area contributed by atoms with Gasteiger partial charge in [-0.1, -0.05) is 12.1 Å². The number of rotatable bonds is 5. The molecule has 1 fully saturated rings. The molecule has 0 radical (unpaired) electrons. The van der Waals surface area contributed by atoms with Gasteiger partial charge in [-0.2, -0.15) is 0 Å². The number of phenols is 2. The SMILES string of the molecule is COc1c(O)cc2oc(-c3ccccc3O[C@@H]3O[C@H](CO)[C@@H](O)[C@H](O)[C@H]3O)cc(=O)c2c1O. The summed E-state index contributed by atoms with van der Waals surface area (Å²) in [5.74, 6) is -1.18. The second-order valence-electron chi connectivity index (χ2n) is 7.44. The molecule has 6 N–H and O–H groups in total. The van der Waals surface area contributed by atoms with Crippen LogP contribution in [-0.4, -0.2) is 75.1 Å². The Kier molecular flexibility index (Phi) is 6.15. The Bertz CT molecular complexity index is 1220. The summed E-state index contributed by atoms with van der Waals surface area (Å²) in [4.78, 5) is 12.7. The maximum atomic E-state index is 12.7. The van der Waals surface area contributed by atoms with E-state index >= 15 is 0 Å². The largest absolute Gasteiger partial charge is 0.504 e. The van der Waals surface area contributed by atoms with E-state index in [0.717, 1.165) is 12.1 Å². The Hall–Kier alpha value is -3.35. The zero-order valence-corrected chi connectivity index (χ0v) is 17.3. The van der Waals surface area contributed by atoms with E-state index in [4.69, 9.17) is 18.6 Å². The van der Waals surface area contributed by atoms with Crippen molar-refractivity contribution in [2.75, 3.05) is 13.7 Å². The van der Waals surface area contributed by atoms with Gasteiger partial charge in [0.05, 0.1) is 19.3 Å². The van der Waals surface area contributed by atoms with Gasteiger partial charge >= 0.3 is 0 Å². The zero-order valence-electron chi connectivity index (χ0n) is 17.3. The van der Waals surface area contributed by atoms with Gasteiger partial charge in [0, 0.05) is 12.1 Å². The molecule has 2 heterocycles. The van der Waals surface area contributed by atoms with Crippen LogP contribution in [0, 0.1) is 0 Å². The lowest BCUT2D eigenvalue weighted by Gasteiger charge is -2.39. The molecule has 0 saturated carbocycles. The van der Waals surface area contributed by atoms with Gasteiger partial charge in [0.1, 0.15) is 46.9 Å². The van der Waals surface area contributed by atoms with Gasteiger partial charge in [0.15, 0.2) is 16.9 Å². The molecule has 5 atom stereocenters. The Balaban J connectivity index is 1.76. The molecule has 1 saturated heterocycles. The zero-order chi connectivity index (χ0) is 23.9. The van der Waals surface area contributed by atoms with E-state index in [1.807, 2.05) is 0 Å². The predicted octanol–water partition coefficient (Wildman–Crippen LogP) is 0.0585. The Morgan fingerprint density at radius 3 is 2.45 bits per heavy atom. The second kappa shape index (κ2) is 8.89. The summed E-state index contributed by atoms with van der Waals surface area (Å²) >= 11 is 0. The topological polar surface area (TPSA) is 179 Å². The van der Waals surface area contributed by atoms with Crippen LogP contribution in [0.25, 0.3) is 22.3 Å². The molecule has 4 rings (SSSR count). The number of hydrogen-bond donors (Lipinski definition) is 6. The van der Waals surface area contributed by atoms with Crippen LogP contribution in [0.3, 0.4) is 0 Å². The van der Waals surface area contributed by atoms with Gasteiger partial charge in [-0.15, -0.1) is 0 Å². The lowest BCUT2D eigenvalue weighted by atomic mass is 9.99. The van der Waals surface area contributed by atoms with E-state index in [-0.39, 0.29) is 33.8 Å². The predicted molar refractivity (Wildman–Crippen MR) is 112 cm³/mol. The maximum absolute atomic E-state index is 12.7. The summed E-state index contributed by atoms with van der Waals surface area (Å²) in [5.41, 5.74) is -0.483. The van der Waals surface area contributed by atoms with Crippen LogP contribution in [0.2, 0.25) is 0 Å². The number of ether oxygens (including phenoxy) is 3. The fraction of sp³-hybridized carbons (Fsp3) is 0.318. The molecular formula is C22H22O11. The Morgan fingerprint density at radius 2 is 1.76 bits per heavy atom. The number of aliphatic hydroxyl groups is 4. The van der Waals surface area contributed by atoms with E-state index in [2.05, 4.69) is 0 Å². The van der Waals surface area contributed by atoms with Crippen LogP contribution < -0.4 is 14.9 Å². The molecule has 1 aliphatic heterocycles. The smallest absolute Gasteiger partial charge is 0.229 e. The molecule has 0 aliphatic carbocycles. The number of benzene rings is 2. The van der Waals surface area contributed by atoms with Gasteiger partial charge in [-0.3, -0.25) is 4.79 Å². The van der Waals surface area contributed by atoms with Crippen molar-refractivity contribution in [1.29, 1.82) is 0 Å². The molecule has 0 spiro atoms. The number of aromatic hydroxyl groups is 2. The van der Waals surface area contributed by atoms with Crippen LogP contribution in [-0.2, 0) is 4.74 Å². The molecule has 176 valence electrons. The number of para-hydroxylation sites is 1. The summed E-state index contributed by atoms with van der Waals surface area (Å²) in [6.45, 7) is -0.623. The van der Waals surface area contributed by atoms with Gasteiger partial charge in [-0.05, 0) is 12.1 Å². The normalized spacial score (nSPS) is 25.2. The highest BCUT2D eigenvalue weighted by atomic mass is 16.7. The lowest BCUT2D eigenvalue weighted by Crippen LogP contribution is -2.60. The van der Waals surface area contributed by atoms with Crippen LogP contribution in [0.5, 0.6) is 23.0 Å². The van der Waals surface area contributed by atoms with Gasteiger partial charge in [0.25, 0.3) is 0 Å². The summed E-state index contributed by atoms with van der Waals surface area (Å²) in [6, 6.07) is 8.50. The van der Waals surface area contributed by atoms with Crippen molar-refractivity contribution in [3.05, 3.63) is 46.6 Å². The lowest BCUT2D eigenvalue weighted by molar-refractivity contribution is -0.277. The molecule has 1 aromatic heterocycles. The van der Waals surface area contributed by atoms with Crippen molar-refractivity contribution in [2.24, 2.45) is 0 Å². The highest BCUT2D eigenvalue weighted by molar-refractivity contribution is 5.89. The van der Waals surface area contributed by atoms with E-state index in [1.54, 1.807) is 18.2 Å². The first-order valence-corrected chi connectivity index (χ1v) is 9.90. The molecule has 0 unspecified atom stereocenters. The fourth-order valence-corrected chi connectivity index (χ4v) is 3.67. The van der Waals surface area contributed by atoms with Crippen LogP contribution in [0.15, 0.2) is 45.6 Å². The van der Waals surface area contributed by atoms with Crippen molar-refractivity contribution >= 4 is 11.0 Å². The molecule has 0 bridgehead atoms. The van der Waals surface area contributed by atoms with E-state index in [1.165, 1.54) is 13.2 Å². The summed E-state index contributed by atoms with van der Waals surface area (Å²) in [7, 11) is 1.23. The molecule has 1 aliphatic rings. The Morgan fingerprint density at radius 1 is 1.03 bits per heavy atom. The van der Waals surface area contributed by atoms with E-state index in [9.17, 15) is 35.4 Å². The summed E-state index contributed by atoms with van der Waals surface area (Å²) in [6.07, 6.45) is -7.43. The van der Waals surface area contributed by atoms with Gasteiger partial charge in [-0.25, -0.2) is 0 Å². The third kappa shape index (κ3) is 3.96. The first-order valence-electron chi connectivity index (χ1n) is 9.90. The highest BCUT2D eigenvalue weighted by Gasteiger charge is 2.45. The minimum Gasteiger partial charge on any atom is -0.504 e. The Labute approximate surface area is 186 Å². The summed E-state index contributed by atoms with van der Waals surface area (Å²) in [5, 5.41) is 59.7. The quantitative estimate of drug-likeness (QED) is 0.302. The molecule has 11 heteroatoms. The highest BCUT2D eigenvalue weighted by Crippen LogP contribution is 2.42. The third-order valence-electron chi connectivity index (χ3n) is 5.38. The van der Waals surface area contributed by atoms with Crippen molar-refractivity contribution in [3.8, 4) is 34.3 Å². The van der Waals surface area contributed by atoms with Gasteiger partial charge in [0.2, 0.25) is 12.0 Å². The van der Waals surface area contributed by atoms with E-state index < -0.39 is 54.2 Å². The second-order valence-corrected chi connectivity index (χ2v) is 7.44. The van der Waals surface area contributed by atoms with Crippen LogP contribution in [0.1, 0.15) is 0 Å². The number of methoxy groups -OCH3 is 1. The average Bonchev–Trinajstić information content (AvgIpc) is 2.79. The maximum Gasteiger partial charge on any atom is 0.229 e. The van der Waals surface area contributed by atoms with Crippen LogP contribution >= 0.6 is 0 Å². The van der Waals surface area contributed by atoms with E-state index in [0.29, 0.717) is 0 Å². The van der Waals surface area contributed by atoms with Crippen molar-refractivity contribution < 1.29 is 49.3 Å². The fourth-order valence-electron chi connectivity index (χ4n) is 3.67. The van der Waals surface area contributed by atoms with Crippen molar-refractivity contribution in [2.45, 2.75) is 30.7 Å². The molecule has 33 heavy (non-hydrogen) atoms. The molecule has 3 aromatic rings. The first kappa shape index (κ1) is 22.8. The number of aliphatic hydroxyl groups excluding tert-OH is 4. The minimum atomic E-state index is -1.64. The molecule has 0 amide bonds. The first-order chi connectivity index (χ1) is 15.8. The average molecular weight is 462 g/mol. The number of phenolic OH excluding ortho intramolecular Hbond substituents is 2. The monoisotopic (exact) mass is 462 g/mol. The molecular weight excluding hydrogens is 440 g/mol. The van der Waals surface area contributed by atoms with Gasteiger partial charge < -0.3 is 49.3 Å². The summed E-state index contributed by atoms with van der Waals surface area (Å²) < 4.78 is 21.7. The van der Waals surface area contributed by atoms with Crippen molar-refractivity contribution in [1.82, 2.24) is 0 Å². The standard InChI is InChI=1S/C22H22O11/c1-30-21-11(25)7-14-16(18(21)27)10(24)6-13(31-14)9-4-2-3-5-12(9)32-22-20(29)19(28)17(26)15(8-23)33-22/h2-7,15,17,19-20,22-23,25-29H,8H2,1H3/t15-,17-,19+,20-,22-/m1/s1. The minimum absolute atomic E-state index is 0.0108. The molecule has 2 aromatic carbocycles. The van der Waals surface area contributed by atoms with Crippen LogP contribution in [0.4, 0.5) is 0 Å². The number of hydrogen-bond acceptors (Lipinski definition) is 11. The molecule has 11 nitrogen and oxygen atoms in total. The number of fused-ring (bicyclic) bond motifs is 1.